The molecule has 7 heteroatoms. The first-order chi connectivity index (χ1) is 11.5. The molecular formula is C17H12ClNO3S2. The van der Waals surface area contributed by atoms with E-state index in [1.807, 2.05) is 0 Å². The lowest BCUT2D eigenvalue weighted by Gasteiger charge is -2.14. The summed E-state index contributed by atoms with van der Waals surface area (Å²) in [4.78, 5) is 14.6. The SMILES string of the molecule is COc1ccc(N2C(=O)C(=Cc3cc(Cl)ccc3O)SC2=S)cc1. The van der Waals surface area contributed by atoms with E-state index in [1.54, 1.807) is 49.6 Å². The highest BCUT2D eigenvalue weighted by Crippen LogP contribution is 2.37. The number of phenols is 1. The second-order valence-electron chi connectivity index (χ2n) is 4.92. The van der Waals surface area contributed by atoms with Crippen LogP contribution in [0.5, 0.6) is 11.5 Å². The molecule has 0 aliphatic carbocycles. The minimum atomic E-state index is -0.241. The molecule has 4 nitrogen and oxygen atoms in total. The maximum absolute atomic E-state index is 12.7. The number of nitrogens with zero attached hydrogens (tertiary/aromatic N) is 1. The molecule has 0 unspecified atom stereocenters. The average molecular weight is 378 g/mol. The van der Waals surface area contributed by atoms with Crippen LogP contribution in [0, 0.1) is 0 Å². The molecule has 1 fully saturated rings. The average Bonchev–Trinajstić information content (AvgIpc) is 2.85. The molecule has 1 aliphatic heterocycles. The molecule has 3 rings (SSSR count). The third-order valence-corrected chi connectivity index (χ3v) is 4.94. The Bertz CT molecular complexity index is 849. The molecule has 1 aliphatic rings. The Morgan fingerprint density at radius 3 is 2.62 bits per heavy atom. The van der Waals surface area contributed by atoms with E-state index in [-0.39, 0.29) is 11.7 Å². The Morgan fingerprint density at radius 1 is 1.25 bits per heavy atom. The summed E-state index contributed by atoms with van der Waals surface area (Å²) in [5.41, 5.74) is 1.13. The van der Waals surface area contributed by atoms with Crippen molar-refractivity contribution in [2.24, 2.45) is 0 Å². The van der Waals surface area contributed by atoms with Crippen molar-refractivity contribution in [1.82, 2.24) is 0 Å². The fraction of sp³-hybridized carbons (Fsp3) is 0.0588. The molecule has 1 amide bonds. The van der Waals surface area contributed by atoms with Crippen LogP contribution in [-0.2, 0) is 4.79 Å². The number of methoxy groups -OCH3 is 1. The first-order valence-corrected chi connectivity index (χ1v) is 8.50. The van der Waals surface area contributed by atoms with Gasteiger partial charge in [0.15, 0.2) is 4.32 Å². The quantitative estimate of drug-likeness (QED) is 0.632. The Hall–Kier alpha value is -2.02. The summed E-state index contributed by atoms with van der Waals surface area (Å²) < 4.78 is 5.55. The molecule has 1 saturated heterocycles. The summed E-state index contributed by atoms with van der Waals surface area (Å²) in [6.45, 7) is 0. The number of ether oxygens (including phenoxy) is 1. The number of carbonyl (C=O) groups excluding carboxylic acids is 1. The number of thiocarbonyl (C=S) groups is 1. The van der Waals surface area contributed by atoms with Gasteiger partial charge in [-0.15, -0.1) is 0 Å². The van der Waals surface area contributed by atoms with E-state index in [2.05, 4.69) is 0 Å². The number of thioether (sulfide) groups is 1. The minimum Gasteiger partial charge on any atom is -0.507 e. The van der Waals surface area contributed by atoms with Gasteiger partial charge in [0, 0.05) is 10.6 Å². The fourth-order valence-corrected chi connectivity index (χ4v) is 3.67. The fourth-order valence-electron chi connectivity index (χ4n) is 2.20. The van der Waals surface area contributed by atoms with Gasteiger partial charge in [-0.2, -0.15) is 0 Å². The van der Waals surface area contributed by atoms with Crippen molar-refractivity contribution >= 4 is 57.6 Å². The molecule has 0 spiro atoms. The smallest absolute Gasteiger partial charge is 0.270 e. The summed E-state index contributed by atoms with van der Waals surface area (Å²) >= 11 is 12.4. The van der Waals surface area contributed by atoms with Crippen LogP contribution in [0.25, 0.3) is 6.08 Å². The van der Waals surface area contributed by atoms with E-state index >= 15 is 0 Å². The third kappa shape index (κ3) is 3.26. The van der Waals surface area contributed by atoms with Gasteiger partial charge in [-0.3, -0.25) is 9.69 Å². The van der Waals surface area contributed by atoms with E-state index < -0.39 is 0 Å². The van der Waals surface area contributed by atoms with E-state index in [0.717, 1.165) is 0 Å². The van der Waals surface area contributed by atoms with Gasteiger partial charge in [0.25, 0.3) is 5.91 Å². The van der Waals surface area contributed by atoms with Crippen LogP contribution in [0.15, 0.2) is 47.4 Å². The van der Waals surface area contributed by atoms with Crippen LogP contribution in [-0.4, -0.2) is 22.4 Å². The predicted molar refractivity (Wildman–Crippen MR) is 102 cm³/mol. The molecule has 0 aromatic heterocycles. The second-order valence-corrected chi connectivity index (χ2v) is 7.03. The standard InChI is InChI=1S/C17H12ClNO3S2/c1-22-13-5-3-12(4-6-13)19-16(21)15(24-17(19)23)9-10-8-11(18)2-7-14(10)20/h2-9,20H,1H3. The van der Waals surface area contributed by atoms with Crippen LogP contribution in [0.3, 0.4) is 0 Å². The highest BCUT2D eigenvalue weighted by Gasteiger charge is 2.33. The second kappa shape index (κ2) is 6.84. The zero-order valence-corrected chi connectivity index (χ0v) is 14.9. The molecule has 1 N–H and O–H groups in total. The van der Waals surface area contributed by atoms with Crippen LogP contribution >= 0.6 is 35.6 Å². The number of carbonyl (C=O) groups is 1. The van der Waals surface area contributed by atoms with Crippen molar-refractivity contribution in [3.63, 3.8) is 0 Å². The number of hydrogen-bond donors (Lipinski definition) is 1. The summed E-state index contributed by atoms with van der Waals surface area (Å²) in [5, 5.41) is 10.4. The summed E-state index contributed by atoms with van der Waals surface area (Å²) in [7, 11) is 1.58. The first kappa shape index (κ1) is 16.8. The number of phenolic OH excluding ortho intramolecular Hbond substituents is 1. The minimum absolute atomic E-state index is 0.0501. The Kier molecular flexibility index (Phi) is 4.80. The van der Waals surface area contributed by atoms with Crippen molar-refractivity contribution in [2.75, 3.05) is 12.0 Å². The van der Waals surface area contributed by atoms with Crippen LogP contribution < -0.4 is 9.64 Å². The van der Waals surface area contributed by atoms with Gasteiger partial charge in [-0.25, -0.2) is 0 Å². The molecule has 0 bridgehead atoms. The molecule has 1 heterocycles. The Balaban J connectivity index is 1.93. The topological polar surface area (TPSA) is 49.8 Å². The van der Waals surface area contributed by atoms with Gasteiger partial charge in [-0.05, 0) is 48.5 Å². The normalized spacial score (nSPS) is 16.1. The van der Waals surface area contributed by atoms with Gasteiger partial charge in [-0.1, -0.05) is 35.6 Å². The lowest BCUT2D eigenvalue weighted by Crippen LogP contribution is -2.27. The monoisotopic (exact) mass is 377 g/mol. The Labute approximate surface area is 153 Å². The molecule has 0 atom stereocenters. The number of halogens is 1. The van der Waals surface area contributed by atoms with Gasteiger partial charge in [0.05, 0.1) is 17.7 Å². The van der Waals surface area contributed by atoms with E-state index in [4.69, 9.17) is 28.6 Å². The number of benzene rings is 2. The van der Waals surface area contributed by atoms with Gasteiger partial charge in [0.1, 0.15) is 11.5 Å². The largest absolute Gasteiger partial charge is 0.507 e. The number of rotatable bonds is 3. The number of aromatic hydroxyl groups is 1. The van der Waals surface area contributed by atoms with Crippen molar-refractivity contribution in [3.8, 4) is 11.5 Å². The van der Waals surface area contributed by atoms with E-state index in [1.165, 1.54) is 22.7 Å². The van der Waals surface area contributed by atoms with Gasteiger partial charge >= 0.3 is 0 Å². The molecule has 0 saturated carbocycles. The van der Waals surface area contributed by atoms with Gasteiger partial charge < -0.3 is 9.84 Å². The van der Waals surface area contributed by atoms with Crippen LogP contribution in [0.4, 0.5) is 5.69 Å². The maximum atomic E-state index is 12.7. The highest BCUT2D eigenvalue weighted by atomic mass is 35.5. The zero-order valence-electron chi connectivity index (χ0n) is 12.5. The third-order valence-electron chi connectivity index (χ3n) is 3.40. The summed E-state index contributed by atoms with van der Waals surface area (Å²) in [6, 6.07) is 11.7. The molecule has 24 heavy (non-hydrogen) atoms. The molecule has 2 aromatic rings. The van der Waals surface area contributed by atoms with E-state index in [0.29, 0.717) is 31.2 Å². The molecule has 122 valence electrons. The number of amides is 1. The van der Waals surface area contributed by atoms with Crippen molar-refractivity contribution in [2.45, 2.75) is 0 Å². The molecular weight excluding hydrogens is 366 g/mol. The highest BCUT2D eigenvalue weighted by molar-refractivity contribution is 8.27. The zero-order chi connectivity index (χ0) is 17.3. The first-order valence-electron chi connectivity index (χ1n) is 6.90. The molecule has 0 radical (unpaired) electrons. The van der Waals surface area contributed by atoms with Gasteiger partial charge in [0.2, 0.25) is 0 Å². The predicted octanol–water partition coefficient (Wildman–Crippen LogP) is 4.46. The van der Waals surface area contributed by atoms with E-state index in [9.17, 15) is 9.90 Å². The lowest BCUT2D eigenvalue weighted by molar-refractivity contribution is -0.113. The lowest BCUT2D eigenvalue weighted by atomic mass is 10.2. The Morgan fingerprint density at radius 2 is 1.96 bits per heavy atom. The number of anilines is 1. The maximum Gasteiger partial charge on any atom is 0.270 e. The van der Waals surface area contributed by atoms with Crippen LogP contribution in [0.1, 0.15) is 5.56 Å². The van der Waals surface area contributed by atoms with Crippen molar-refractivity contribution in [1.29, 1.82) is 0 Å². The summed E-state index contributed by atoms with van der Waals surface area (Å²) in [5.74, 6) is 0.507. The van der Waals surface area contributed by atoms with Crippen molar-refractivity contribution in [3.05, 3.63) is 58.0 Å². The summed E-state index contributed by atoms with van der Waals surface area (Å²) in [6.07, 6.45) is 1.59. The van der Waals surface area contributed by atoms with Crippen LogP contribution in [0.2, 0.25) is 5.02 Å². The van der Waals surface area contributed by atoms with Crippen molar-refractivity contribution < 1.29 is 14.6 Å². The molecule has 2 aromatic carbocycles. The number of hydrogen-bond acceptors (Lipinski definition) is 5.